The molecule has 1 amide bonds. The lowest BCUT2D eigenvalue weighted by atomic mass is 9.82. The van der Waals surface area contributed by atoms with Crippen molar-refractivity contribution >= 4 is 27.5 Å². The Morgan fingerprint density at radius 2 is 1.90 bits per heavy atom. The highest BCUT2D eigenvalue weighted by molar-refractivity contribution is 7.89. The lowest BCUT2D eigenvalue weighted by molar-refractivity contribution is -0.132. The molecule has 1 aliphatic heterocycles. The molecule has 1 fully saturated rings. The van der Waals surface area contributed by atoms with Crippen molar-refractivity contribution in [3.63, 3.8) is 0 Å². The average molecular weight is 443 g/mol. The standard InChI is InChI=1S/C20H21ClF2N2O3S/c1-20(19(26)24-12-14-3-5-15(22)6-4-14)9-2-10-25(13-20)29(27,28)16-7-8-18(23)17(21)11-16/h3-8,11H,2,9-10,12-13H2,1H3,(H,24,26). The van der Waals surface area contributed by atoms with Crippen LogP contribution in [-0.2, 0) is 21.4 Å². The first-order chi connectivity index (χ1) is 13.6. The van der Waals surface area contributed by atoms with Crippen LogP contribution in [0.15, 0.2) is 47.4 Å². The fourth-order valence-electron chi connectivity index (χ4n) is 3.37. The van der Waals surface area contributed by atoms with E-state index in [1.54, 1.807) is 19.1 Å². The predicted octanol–water partition coefficient (Wildman–Crippen LogP) is 3.73. The lowest BCUT2D eigenvalue weighted by Gasteiger charge is -2.38. The number of carbonyl (C=O) groups excluding carboxylic acids is 1. The summed E-state index contributed by atoms with van der Waals surface area (Å²) in [6.45, 7) is 2.19. The van der Waals surface area contributed by atoms with Crippen molar-refractivity contribution in [2.24, 2.45) is 5.41 Å². The van der Waals surface area contributed by atoms with E-state index in [1.807, 2.05) is 0 Å². The summed E-state index contributed by atoms with van der Waals surface area (Å²) in [5.74, 6) is -1.34. The number of sulfonamides is 1. The molecule has 0 aromatic heterocycles. The normalized spacial score (nSPS) is 20.4. The minimum Gasteiger partial charge on any atom is -0.352 e. The van der Waals surface area contributed by atoms with Gasteiger partial charge >= 0.3 is 0 Å². The van der Waals surface area contributed by atoms with E-state index in [9.17, 15) is 22.0 Å². The van der Waals surface area contributed by atoms with E-state index in [2.05, 4.69) is 5.32 Å². The molecule has 2 aromatic carbocycles. The molecule has 5 nitrogen and oxygen atoms in total. The third-order valence-corrected chi connectivity index (χ3v) is 7.24. The highest BCUT2D eigenvalue weighted by atomic mass is 35.5. The van der Waals surface area contributed by atoms with Crippen molar-refractivity contribution in [3.8, 4) is 0 Å². The predicted molar refractivity (Wildman–Crippen MR) is 106 cm³/mol. The molecule has 29 heavy (non-hydrogen) atoms. The second-order valence-electron chi connectivity index (χ2n) is 7.39. The molecule has 1 aliphatic rings. The number of hydrogen-bond acceptors (Lipinski definition) is 3. The summed E-state index contributed by atoms with van der Waals surface area (Å²) < 4.78 is 53.5. The molecule has 0 bridgehead atoms. The molecular formula is C20H21ClF2N2O3S. The van der Waals surface area contributed by atoms with Crippen molar-refractivity contribution in [1.82, 2.24) is 9.62 Å². The van der Waals surface area contributed by atoms with Gasteiger partial charge in [0.05, 0.1) is 15.3 Å². The molecule has 0 saturated carbocycles. The summed E-state index contributed by atoms with van der Waals surface area (Å²) in [5.41, 5.74) is -0.181. The summed E-state index contributed by atoms with van der Waals surface area (Å²) in [4.78, 5) is 12.7. The van der Waals surface area contributed by atoms with Gasteiger partial charge in [-0.1, -0.05) is 23.7 Å². The monoisotopic (exact) mass is 442 g/mol. The quantitative estimate of drug-likeness (QED) is 0.767. The van der Waals surface area contributed by atoms with E-state index in [1.165, 1.54) is 16.4 Å². The molecule has 0 radical (unpaired) electrons. The Morgan fingerprint density at radius 1 is 1.21 bits per heavy atom. The second-order valence-corrected chi connectivity index (χ2v) is 9.73. The molecule has 2 aromatic rings. The van der Waals surface area contributed by atoms with Crippen LogP contribution in [0.1, 0.15) is 25.3 Å². The molecule has 1 saturated heterocycles. The Balaban J connectivity index is 1.73. The molecule has 0 spiro atoms. The van der Waals surface area contributed by atoms with Crippen molar-refractivity contribution < 1.29 is 22.0 Å². The van der Waals surface area contributed by atoms with Gasteiger partial charge in [0.2, 0.25) is 15.9 Å². The van der Waals surface area contributed by atoms with Crippen LogP contribution in [0, 0.1) is 17.0 Å². The van der Waals surface area contributed by atoms with E-state index < -0.39 is 21.3 Å². The Hall–Kier alpha value is -2.03. The summed E-state index contributed by atoms with van der Waals surface area (Å²) in [5, 5.41) is 2.53. The second kappa shape index (κ2) is 8.38. The van der Waals surface area contributed by atoms with Gasteiger partial charge in [-0.15, -0.1) is 0 Å². The largest absolute Gasteiger partial charge is 0.352 e. The first-order valence-corrected chi connectivity index (χ1v) is 10.9. The third-order valence-electron chi connectivity index (χ3n) is 5.10. The van der Waals surface area contributed by atoms with Crippen LogP contribution >= 0.6 is 11.6 Å². The first kappa shape index (κ1) is 21.7. The fraction of sp³-hybridized carbons (Fsp3) is 0.350. The Kier molecular flexibility index (Phi) is 6.26. The fourth-order valence-corrected chi connectivity index (χ4v) is 5.24. The number of carbonyl (C=O) groups is 1. The van der Waals surface area contributed by atoms with E-state index in [0.717, 1.165) is 23.8 Å². The van der Waals surface area contributed by atoms with Crippen LogP contribution in [0.5, 0.6) is 0 Å². The number of amides is 1. The van der Waals surface area contributed by atoms with Gasteiger partial charge in [-0.25, -0.2) is 17.2 Å². The molecule has 0 aliphatic carbocycles. The van der Waals surface area contributed by atoms with E-state index in [0.29, 0.717) is 12.8 Å². The highest BCUT2D eigenvalue weighted by Gasteiger charge is 2.41. The van der Waals surface area contributed by atoms with Crippen molar-refractivity contribution in [3.05, 3.63) is 64.7 Å². The van der Waals surface area contributed by atoms with Crippen LogP contribution in [0.2, 0.25) is 5.02 Å². The maximum absolute atomic E-state index is 13.4. The van der Waals surface area contributed by atoms with Crippen molar-refractivity contribution in [2.75, 3.05) is 13.1 Å². The number of rotatable bonds is 5. The number of nitrogens with one attached hydrogen (secondary N) is 1. The molecule has 1 N–H and O–H groups in total. The zero-order chi connectivity index (χ0) is 21.2. The van der Waals surface area contributed by atoms with Crippen LogP contribution in [0.4, 0.5) is 8.78 Å². The SMILES string of the molecule is CC1(C(=O)NCc2ccc(F)cc2)CCCN(S(=O)(=O)c2ccc(F)c(Cl)c2)C1. The Labute approximate surface area is 173 Å². The van der Waals surface area contributed by atoms with Gasteiger partial charge in [-0.2, -0.15) is 4.31 Å². The number of hydrogen-bond donors (Lipinski definition) is 1. The average Bonchev–Trinajstić information content (AvgIpc) is 2.69. The van der Waals surface area contributed by atoms with Gasteiger partial charge in [-0.05, 0) is 55.7 Å². The van der Waals surface area contributed by atoms with Crippen LogP contribution in [0.25, 0.3) is 0 Å². The molecular weight excluding hydrogens is 422 g/mol. The summed E-state index contributed by atoms with van der Waals surface area (Å²) >= 11 is 5.73. The van der Waals surface area contributed by atoms with Gasteiger partial charge in [0, 0.05) is 19.6 Å². The maximum Gasteiger partial charge on any atom is 0.243 e. The van der Waals surface area contributed by atoms with E-state index in [4.69, 9.17) is 11.6 Å². The lowest BCUT2D eigenvalue weighted by Crippen LogP contribution is -2.51. The zero-order valence-electron chi connectivity index (χ0n) is 15.8. The minimum atomic E-state index is -3.92. The Bertz CT molecular complexity index is 1010. The summed E-state index contributed by atoms with van der Waals surface area (Å²) in [6.07, 6.45) is 1.03. The summed E-state index contributed by atoms with van der Waals surface area (Å²) in [6, 6.07) is 9.03. The van der Waals surface area contributed by atoms with E-state index in [-0.39, 0.29) is 41.3 Å². The number of halogens is 3. The Morgan fingerprint density at radius 3 is 2.55 bits per heavy atom. The topological polar surface area (TPSA) is 66.5 Å². The highest BCUT2D eigenvalue weighted by Crippen LogP contribution is 2.33. The molecule has 3 rings (SSSR count). The summed E-state index contributed by atoms with van der Waals surface area (Å²) in [7, 11) is -3.92. The molecule has 1 atom stereocenters. The maximum atomic E-state index is 13.4. The van der Waals surface area contributed by atoms with Crippen LogP contribution in [0.3, 0.4) is 0 Å². The molecule has 1 unspecified atom stereocenters. The van der Waals surface area contributed by atoms with Gasteiger partial charge in [-0.3, -0.25) is 4.79 Å². The van der Waals surface area contributed by atoms with Gasteiger partial charge < -0.3 is 5.32 Å². The first-order valence-electron chi connectivity index (χ1n) is 9.10. The number of nitrogens with zero attached hydrogens (tertiary/aromatic N) is 1. The van der Waals surface area contributed by atoms with E-state index >= 15 is 0 Å². The minimum absolute atomic E-state index is 0.000417. The van der Waals surface area contributed by atoms with Gasteiger partial charge in [0.1, 0.15) is 11.6 Å². The molecule has 156 valence electrons. The molecule has 9 heteroatoms. The third kappa shape index (κ3) is 4.76. The van der Waals surface area contributed by atoms with Crippen LogP contribution < -0.4 is 5.32 Å². The van der Waals surface area contributed by atoms with Gasteiger partial charge in [0.25, 0.3) is 0 Å². The zero-order valence-corrected chi connectivity index (χ0v) is 17.4. The molecule has 1 heterocycles. The van der Waals surface area contributed by atoms with Crippen molar-refractivity contribution in [2.45, 2.75) is 31.2 Å². The number of benzene rings is 2. The van der Waals surface area contributed by atoms with Crippen LogP contribution in [-0.4, -0.2) is 31.7 Å². The van der Waals surface area contributed by atoms with Crippen molar-refractivity contribution in [1.29, 1.82) is 0 Å². The smallest absolute Gasteiger partial charge is 0.243 e. The van der Waals surface area contributed by atoms with Gasteiger partial charge in [0.15, 0.2) is 0 Å². The number of piperidine rings is 1.